The summed E-state index contributed by atoms with van der Waals surface area (Å²) in [5, 5.41) is 2.98. The first-order chi connectivity index (χ1) is 15.9. The fraction of sp³-hybridized carbons (Fsp3) is 0.400. The van der Waals surface area contributed by atoms with Gasteiger partial charge < -0.3 is 16.0 Å². The summed E-state index contributed by atoms with van der Waals surface area (Å²) in [5.74, 6) is -1.32. The number of anilines is 1. The van der Waals surface area contributed by atoms with Gasteiger partial charge in [0.2, 0.25) is 11.8 Å². The van der Waals surface area contributed by atoms with Gasteiger partial charge in [-0.25, -0.2) is 4.39 Å². The third-order valence-electron chi connectivity index (χ3n) is 6.44. The molecule has 2 atom stereocenters. The summed E-state index contributed by atoms with van der Waals surface area (Å²) < 4.78 is 13.2. The highest BCUT2D eigenvalue weighted by Gasteiger charge is 2.30. The zero-order chi connectivity index (χ0) is 23.4. The van der Waals surface area contributed by atoms with Crippen LogP contribution in [0, 0.1) is 11.7 Å². The maximum atomic E-state index is 13.2. The highest BCUT2D eigenvalue weighted by molar-refractivity contribution is 5.96. The van der Waals surface area contributed by atoms with E-state index >= 15 is 0 Å². The Morgan fingerprint density at radius 1 is 1.03 bits per heavy atom. The predicted molar refractivity (Wildman–Crippen MR) is 123 cm³/mol. The van der Waals surface area contributed by atoms with E-state index in [1.165, 1.54) is 24.3 Å². The number of likely N-dealkylation sites (tertiary alicyclic amines) is 2. The fourth-order valence-corrected chi connectivity index (χ4v) is 4.71. The van der Waals surface area contributed by atoms with E-state index in [-0.39, 0.29) is 35.5 Å². The number of carbonyl (C=O) groups excluding carboxylic acids is 3. The molecule has 3 N–H and O–H groups in total. The molecule has 0 saturated carbocycles. The van der Waals surface area contributed by atoms with Crippen molar-refractivity contribution in [1.29, 1.82) is 0 Å². The molecule has 8 heteroatoms. The molecule has 33 heavy (non-hydrogen) atoms. The lowest BCUT2D eigenvalue weighted by Crippen LogP contribution is -2.43. The van der Waals surface area contributed by atoms with E-state index in [1.54, 1.807) is 4.90 Å². The molecule has 0 spiro atoms. The van der Waals surface area contributed by atoms with E-state index in [9.17, 15) is 18.8 Å². The van der Waals surface area contributed by atoms with E-state index < -0.39 is 0 Å². The number of nitrogens with two attached hydrogens (primary N) is 1. The lowest BCUT2D eigenvalue weighted by Gasteiger charge is -2.32. The number of piperidine rings is 1. The molecule has 2 heterocycles. The second-order valence-electron chi connectivity index (χ2n) is 8.82. The van der Waals surface area contributed by atoms with Crippen LogP contribution in [0.4, 0.5) is 10.1 Å². The molecule has 2 unspecified atom stereocenters. The quantitative estimate of drug-likeness (QED) is 0.705. The molecule has 4 rings (SSSR count). The van der Waals surface area contributed by atoms with Crippen LogP contribution in [0.3, 0.4) is 0 Å². The van der Waals surface area contributed by atoms with Crippen molar-refractivity contribution in [2.24, 2.45) is 11.7 Å². The Balaban J connectivity index is 1.37. The third-order valence-corrected chi connectivity index (χ3v) is 6.44. The minimum absolute atomic E-state index is 0.125. The van der Waals surface area contributed by atoms with E-state index in [0.717, 1.165) is 31.4 Å². The van der Waals surface area contributed by atoms with Crippen LogP contribution in [-0.4, -0.2) is 53.2 Å². The normalized spacial score (nSPS) is 21.1. The Kier molecular flexibility index (Phi) is 7.03. The first kappa shape index (κ1) is 22.9. The summed E-state index contributed by atoms with van der Waals surface area (Å²) in [6.07, 6.45) is 3.15. The third kappa shape index (κ3) is 5.57. The van der Waals surface area contributed by atoms with Crippen molar-refractivity contribution in [2.75, 3.05) is 25.0 Å². The van der Waals surface area contributed by atoms with Crippen LogP contribution in [0.15, 0.2) is 48.5 Å². The molecular weight excluding hydrogens is 423 g/mol. The standard InChI is InChI=1S/C25H29FN4O3/c26-20-10-8-18(9-11-20)25(33)30-13-2-5-19(16-30)24(32)28-21-6-1-4-17(14-21)15-29-12-3-7-22(29)23(27)31/h1,4,6,8-11,14,19,22H,2-3,5,7,12-13,15-16H2,(H2,27,31)(H,28,32). The van der Waals surface area contributed by atoms with E-state index in [4.69, 9.17) is 5.73 Å². The first-order valence-corrected chi connectivity index (χ1v) is 11.4. The Bertz CT molecular complexity index is 1030. The van der Waals surface area contributed by atoms with Gasteiger partial charge in [0.05, 0.1) is 12.0 Å². The number of rotatable bonds is 6. The molecule has 2 fully saturated rings. The molecule has 2 aromatic carbocycles. The molecule has 174 valence electrons. The number of primary amides is 1. The molecule has 0 aromatic heterocycles. The van der Waals surface area contributed by atoms with Gasteiger partial charge >= 0.3 is 0 Å². The highest BCUT2D eigenvalue weighted by Crippen LogP contribution is 2.23. The first-order valence-electron chi connectivity index (χ1n) is 11.4. The van der Waals surface area contributed by atoms with Crippen molar-refractivity contribution in [2.45, 2.75) is 38.3 Å². The van der Waals surface area contributed by atoms with Crippen molar-refractivity contribution in [3.8, 4) is 0 Å². The summed E-state index contributed by atoms with van der Waals surface area (Å²) >= 11 is 0. The summed E-state index contributed by atoms with van der Waals surface area (Å²) in [4.78, 5) is 41.1. The van der Waals surface area contributed by atoms with Crippen molar-refractivity contribution in [1.82, 2.24) is 9.80 Å². The maximum Gasteiger partial charge on any atom is 0.253 e. The smallest absolute Gasteiger partial charge is 0.253 e. The number of nitrogens with zero attached hydrogens (tertiary/aromatic N) is 2. The molecular formula is C25H29FN4O3. The van der Waals surface area contributed by atoms with Crippen molar-refractivity contribution >= 4 is 23.4 Å². The molecule has 2 aliphatic heterocycles. The van der Waals surface area contributed by atoms with Gasteiger partial charge in [-0.3, -0.25) is 19.3 Å². The van der Waals surface area contributed by atoms with Crippen molar-refractivity contribution in [3.05, 3.63) is 65.5 Å². The Hall–Kier alpha value is -3.26. The van der Waals surface area contributed by atoms with Gasteiger partial charge in [-0.05, 0) is 74.2 Å². The lowest BCUT2D eigenvalue weighted by atomic mass is 9.96. The van der Waals surface area contributed by atoms with Gasteiger partial charge in [0.25, 0.3) is 5.91 Å². The number of benzene rings is 2. The van der Waals surface area contributed by atoms with Gasteiger partial charge in [-0.1, -0.05) is 12.1 Å². The molecule has 2 aromatic rings. The van der Waals surface area contributed by atoms with Gasteiger partial charge in [0.1, 0.15) is 5.82 Å². The average Bonchev–Trinajstić information content (AvgIpc) is 3.28. The molecule has 3 amide bonds. The summed E-state index contributed by atoms with van der Waals surface area (Å²) in [6, 6.07) is 12.8. The number of amides is 3. The van der Waals surface area contributed by atoms with Gasteiger partial charge in [-0.2, -0.15) is 0 Å². The summed E-state index contributed by atoms with van der Waals surface area (Å²) in [6.45, 7) is 2.33. The van der Waals surface area contributed by atoms with Crippen LogP contribution in [0.2, 0.25) is 0 Å². The van der Waals surface area contributed by atoms with E-state index in [1.807, 2.05) is 24.3 Å². The number of hydrogen-bond donors (Lipinski definition) is 2. The highest BCUT2D eigenvalue weighted by atomic mass is 19.1. The number of nitrogens with one attached hydrogen (secondary N) is 1. The predicted octanol–water partition coefficient (Wildman–Crippen LogP) is 2.77. The zero-order valence-corrected chi connectivity index (χ0v) is 18.5. The van der Waals surface area contributed by atoms with E-state index in [2.05, 4.69) is 10.2 Å². The van der Waals surface area contributed by atoms with Crippen molar-refractivity contribution < 1.29 is 18.8 Å². The molecule has 0 bridgehead atoms. The van der Waals surface area contributed by atoms with Crippen LogP contribution in [-0.2, 0) is 16.1 Å². The van der Waals surface area contributed by atoms with Crippen LogP contribution >= 0.6 is 0 Å². The minimum atomic E-state index is -0.389. The van der Waals surface area contributed by atoms with Crippen molar-refractivity contribution in [3.63, 3.8) is 0 Å². The largest absolute Gasteiger partial charge is 0.368 e. The monoisotopic (exact) mass is 452 g/mol. The summed E-state index contributed by atoms with van der Waals surface area (Å²) in [7, 11) is 0. The Morgan fingerprint density at radius 3 is 2.55 bits per heavy atom. The van der Waals surface area contributed by atoms with Crippen LogP contribution in [0.5, 0.6) is 0 Å². The number of hydrogen-bond acceptors (Lipinski definition) is 4. The maximum absolute atomic E-state index is 13.2. The van der Waals surface area contributed by atoms with Gasteiger partial charge in [0, 0.05) is 30.9 Å². The molecule has 0 aliphatic carbocycles. The van der Waals surface area contributed by atoms with Crippen LogP contribution < -0.4 is 11.1 Å². The Labute approximate surface area is 192 Å². The fourth-order valence-electron chi connectivity index (χ4n) is 4.71. The number of carbonyl (C=O) groups is 3. The molecule has 7 nitrogen and oxygen atoms in total. The second kappa shape index (κ2) is 10.1. The SMILES string of the molecule is NC(=O)C1CCCN1Cc1cccc(NC(=O)C2CCCN(C(=O)c3ccc(F)cc3)C2)c1. The molecule has 2 aliphatic rings. The number of halogens is 1. The second-order valence-corrected chi connectivity index (χ2v) is 8.82. The molecule has 2 saturated heterocycles. The molecule has 0 radical (unpaired) electrons. The van der Waals surface area contributed by atoms with Crippen LogP contribution in [0.1, 0.15) is 41.6 Å². The lowest BCUT2D eigenvalue weighted by molar-refractivity contribution is -0.122. The average molecular weight is 453 g/mol. The zero-order valence-electron chi connectivity index (χ0n) is 18.5. The van der Waals surface area contributed by atoms with Gasteiger partial charge in [0.15, 0.2) is 0 Å². The van der Waals surface area contributed by atoms with Gasteiger partial charge in [-0.15, -0.1) is 0 Å². The topological polar surface area (TPSA) is 95.7 Å². The van der Waals surface area contributed by atoms with E-state index in [0.29, 0.717) is 37.3 Å². The summed E-state index contributed by atoms with van der Waals surface area (Å²) in [5.41, 5.74) is 7.62. The minimum Gasteiger partial charge on any atom is -0.368 e. The van der Waals surface area contributed by atoms with Crippen LogP contribution in [0.25, 0.3) is 0 Å². The Morgan fingerprint density at radius 2 is 1.79 bits per heavy atom.